The van der Waals surface area contributed by atoms with E-state index in [9.17, 15) is 28.0 Å². The lowest BCUT2D eigenvalue weighted by atomic mass is 10.1. The Morgan fingerprint density at radius 1 is 1.00 bits per heavy atom. The number of benzene rings is 2. The molecule has 0 bridgehead atoms. The van der Waals surface area contributed by atoms with Gasteiger partial charge >= 0.3 is 5.97 Å². The average molecular weight is 416 g/mol. The molecule has 2 aromatic carbocycles. The number of unbranched alkanes of at least 4 members (excludes halogenated alkanes) is 1. The minimum absolute atomic E-state index is 0.00348. The quantitative estimate of drug-likeness (QED) is 0.553. The first kappa shape index (κ1) is 21.1. The number of ether oxygens (including phenoxy) is 1. The molecule has 9 heteroatoms. The number of amides is 3. The van der Waals surface area contributed by atoms with Crippen LogP contribution in [0.2, 0.25) is 0 Å². The Labute approximate surface area is 170 Å². The first-order chi connectivity index (χ1) is 14.3. The van der Waals surface area contributed by atoms with Gasteiger partial charge in [-0.1, -0.05) is 13.3 Å². The van der Waals surface area contributed by atoms with Gasteiger partial charge in [-0.3, -0.25) is 19.3 Å². The van der Waals surface area contributed by atoms with Crippen LogP contribution in [0.3, 0.4) is 0 Å². The summed E-state index contributed by atoms with van der Waals surface area (Å²) in [4.78, 5) is 50.0. The minimum atomic E-state index is -1.13. The molecule has 0 unspecified atom stereocenters. The second kappa shape index (κ2) is 8.81. The highest BCUT2D eigenvalue weighted by molar-refractivity contribution is 6.22. The zero-order valence-corrected chi connectivity index (χ0v) is 16.0. The summed E-state index contributed by atoms with van der Waals surface area (Å²) in [6.45, 7) is 1.56. The Balaban J connectivity index is 1.62. The lowest BCUT2D eigenvalue weighted by molar-refractivity contribution is -0.119. The van der Waals surface area contributed by atoms with Gasteiger partial charge in [0.25, 0.3) is 17.7 Å². The van der Waals surface area contributed by atoms with Crippen LogP contribution < -0.4 is 5.32 Å². The van der Waals surface area contributed by atoms with Crippen molar-refractivity contribution in [2.45, 2.75) is 19.8 Å². The van der Waals surface area contributed by atoms with E-state index in [1.165, 1.54) is 18.2 Å². The van der Waals surface area contributed by atoms with E-state index in [0.29, 0.717) is 13.0 Å². The van der Waals surface area contributed by atoms with Gasteiger partial charge in [-0.25, -0.2) is 13.6 Å². The van der Waals surface area contributed by atoms with Gasteiger partial charge in [0.05, 0.1) is 16.7 Å². The van der Waals surface area contributed by atoms with Gasteiger partial charge < -0.3 is 10.1 Å². The van der Waals surface area contributed by atoms with E-state index in [0.717, 1.165) is 29.5 Å². The summed E-state index contributed by atoms with van der Waals surface area (Å²) in [5.74, 6) is -4.70. The van der Waals surface area contributed by atoms with Crippen LogP contribution >= 0.6 is 0 Å². The number of imide groups is 1. The smallest absolute Gasteiger partial charge is 0.338 e. The zero-order chi connectivity index (χ0) is 21.8. The fourth-order valence-corrected chi connectivity index (χ4v) is 2.92. The summed E-state index contributed by atoms with van der Waals surface area (Å²) >= 11 is 0. The van der Waals surface area contributed by atoms with Gasteiger partial charge in [0, 0.05) is 18.3 Å². The molecule has 0 aromatic heterocycles. The number of carbonyl (C=O) groups excluding carboxylic acids is 4. The third kappa shape index (κ3) is 4.35. The van der Waals surface area contributed by atoms with Crippen molar-refractivity contribution in [1.82, 2.24) is 4.90 Å². The molecule has 0 saturated carbocycles. The van der Waals surface area contributed by atoms with Crippen LogP contribution in [0.15, 0.2) is 36.4 Å². The maximum atomic E-state index is 13.2. The maximum absolute atomic E-state index is 13.2. The molecule has 1 aliphatic rings. The molecule has 30 heavy (non-hydrogen) atoms. The van der Waals surface area contributed by atoms with Crippen LogP contribution in [0.5, 0.6) is 0 Å². The molecule has 0 atom stereocenters. The van der Waals surface area contributed by atoms with Crippen LogP contribution in [0.4, 0.5) is 14.5 Å². The predicted molar refractivity (Wildman–Crippen MR) is 102 cm³/mol. The van der Waals surface area contributed by atoms with Gasteiger partial charge in [-0.2, -0.15) is 0 Å². The number of halogens is 2. The Bertz CT molecular complexity index is 1040. The molecule has 0 radical (unpaired) electrons. The van der Waals surface area contributed by atoms with Crippen LogP contribution in [0, 0.1) is 11.6 Å². The fourth-order valence-electron chi connectivity index (χ4n) is 2.92. The van der Waals surface area contributed by atoms with Crippen molar-refractivity contribution in [2.24, 2.45) is 0 Å². The van der Waals surface area contributed by atoms with E-state index in [-0.39, 0.29) is 22.4 Å². The molecule has 0 saturated heterocycles. The van der Waals surface area contributed by atoms with Crippen molar-refractivity contribution in [1.29, 1.82) is 0 Å². The number of anilines is 1. The predicted octanol–water partition coefficient (Wildman–Crippen LogP) is 3.16. The first-order valence-corrected chi connectivity index (χ1v) is 9.24. The van der Waals surface area contributed by atoms with E-state index in [4.69, 9.17) is 4.74 Å². The van der Waals surface area contributed by atoms with Crippen molar-refractivity contribution in [2.75, 3.05) is 18.5 Å². The SMILES string of the molecule is CCCCN1C(=O)c2ccc(C(=O)OCC(=O)Nc3ccc(F)c(F)c3)cc2C1=O. The maximum Gasteiger partial charge on any atom is 0.338 e. The number of nitrogens with one attached hydrogen (secondary N) is 1. The normalized spacial score (nSPS) is 12.7. The monoisotopic (exact) mass is 416 g/mol. The molecule has 7 nitrogen and oxygen atoms in total. The summed E-state index contributed by atoms with van der Waals surface area (Å²) < 4.78 is 31.0. The molecular weight excluding hydrogens is 398 g/mol. The number of carbonyl (C=O) groups is 4. The van der Waals surface area contributed by atoms with E-state index < -0.39 is 41.9 Å². The lowest BCUT2D eigenvalue weighted by Gasteiger charge is -2.12. The van der Waals surface area contributed by atoms with Crippen molar-refractivity contribution in [3.05, 3.63) is 64.7 Å². The average Bonchev–Trinajstić information content (AvgIpc) is 2.97. The molecule has 156 valence electrons. The number of rotatable bonds is 7. The Hall–Kier alpha value is -3.62. The highest BCUT2D eigenvalue weighted by Crippen LogP contribution is 2.24. The number of esters is 1. The summed E-state index contributed by atoms with van der Waals surface area (Å²) in [5, 5.41) is 2.27. The van der Waals surface area contributed by atoms with Crippen LogP contribution in [0.25, 0.3) is 0 Å². The molecular formula is C21H18F2N2O5. The number of hydrogen-bond acceptors (Lipinski definition) is 5. The van der Waals surface area contributed by atoms with Gasteiger partial charge in [0.15, 0.2) is 18.2 Å². The Morgan fingerprint density at radius 2 is 1.73 bits per heavy atom. The summed E-state index contributed by atoms with van der Waals surface area (Å²) in [6.07, 6.45) is 1.49. The Kier molecular flexibility index (Phi) is 6.20. The fraction of sp³-hybridized carbons (Fsp3) is 0.238. The van der Waals surface area contributed by atoms with Gasteiger partial charge in [-0.15, -0.1) is 0 Å². The largest absolute Gasteiger partial charge is 0.452 e. The number of nitrogens with zero attached hydrogens (tertiary/aromatic N) is 1. The topological polar surface area (TPSA) is 92.8 Å². The highest BCUT2D eigenvalue weighted by atomic mass is 19.2. The minimum Gasteiger partial charge on any atom is -0.452 e. The highest BCUT2D eigenvalue weighted by Gasteiger charge is 2.35. The molecule has 0 aliphatic carbocycles. The molecule has 0 fully saturated rings. The molecule has 3 rings (SSSR count). The van der Waals surface area contributed by atoms with E-state index in [1.807, 2.05) is 6.92 Å². The Morgan fingerprint density at radius 3 is 2.43 bits per heavy atom. The van der Waals surface area contributed by atoms with Crippen molar-refractivity contribution < 1.29 is 32.7 Å². The molecule has 1 heterocycles. The van der Waals surface area contributed by atoms with E-state index in [2.05, 4.69) is 5.32 Å². The molecule has 3 amide bonds. The van der Waals surface area contributed by atoms with Crippen LogP contribution in [-0.2, 0) is 9.53 Å². The third-order valence-electron chi connectivity index (χ3n) is 4.48. The second-order valence-electron chi connectivity index (χ2n) is 6.63. The lowest BCUT2D eigenvalue weighted by Crippen LogP contribution is -2.30. The van der Waals surface area contributed by atoms with Gasteiger partial charge in [-0.05, 0) is 36.8 Å². The third-order valence-corrected chi connectivity index (χ3v) is 4.48. The van der Waals surface area contributed by atoms with E-state index in [1.54, 1.807) is 0 Å². The van der Waals surface area contributed by atoms with Crippen molar-refractivity contribution >= 4 is 29.4 Å². The molecule has 1 N–H and O–H groups in total. The van der Waals surface area contributed by atoms with E-state index >= 15 is 0 Å². The summed E-state index contributed by atoms with van der Waals surface area (Å²) in [5.41, 5.74) is 0.331. The van der Waals surface area contributed by atoms with Crippen LogP contribution in [0.1, 0.15) is 50.8 Å². The van der Waals surface area contributed by atoms with Crippen molar-refractivity contribution in [3.8, 4) is 0 Å². The van der Waals surface area contributed by atoms with Crippen molar-refractivity contribution in [3.63, 3.8) is 0 Å². The van der Waals surface area contributed by atoms with Crippen LogP contribution in [-0.4, -0.2) is 41.7 Å². The van der Waals surface area contributed by atoms with Gasteiger partial charge in [0.2, 0.25) is 0 Å². The molecule has 0 spiro atoms. The summed E-state index contributed by atoms with van der Waals surface area (Å²) in [6, 6.07) is 6.77. The summed E-state index contributed by atoms with van der Waals surface area (Å²) in [7, 11) is 0. The molecule has 1 aliphatic heterocycles. The second-order valence-corrected chi connectivity index (χ2v) is 6.63. The first-order valence-electron chi connectivity index (χ1n) is 9.24. The number of hydrogen-bond donors (Lipinski definition) is 1. The standard InChI is InChI=1S/C21H18F2N2O5/c1-2-3-8-25-19(27)14-6-4-12(9-15(14)20(25)28)21(29)30-11-18(26)24-13-5-7-16(22)17(23)10-13/h4-7,9-10H,2-3,8,11H2,1H3,(H,24,26). The molecule has 2 aromatic rings. The number of fused-ring (bicyclic) bond motifs is 1. The van der Waals surface area contributed by atoms with Gasteiger partial charge in [0.1, 0.15) is 0 Å². The zero-order valence-electron chi connectivity index (χ0n) is 16.0.